The molecule has 1 aliphatic heterocycles. The third kappa shape index (κ3) is 4.50. The van der Waals surface area contributed by atoms with Gasteiger partial charge >= 0.3 is 0 Å². The Morgan fingerprint density at radius 2 is 1.67 bits per heavy atom. The number of fused-ring (bicyclic) bond motifs is 3. The standard InChI is InChI=1S/C31H30N4O/c1-21-11-13-23(14-12-21)29-30-26(25-9-5-6-10-27(25)33-30)19-28(34-29)31(36)32-24-15-17-35(18-16-24)20-22-7-3-2-4-8-22/h2-14,19,24,33H,15-18,20H2,1H3,(H,32,36)/p+1. The van der Waals surface area contributed by atoms with Crippen LogP contribution in [0.25, 0.3) is 33.1 Å². The summed E-state index contributed by atoms with van der Waals surface area (Å²) in [6.45, 7) is 5.24. The summed E-state index contributed by atoms with van der Waals surface area (Å²) in [5.41, 5.74) is 6.88. The molecule has 0 bridgehead atoms. The fourth-order valence-electron chi connectivity index (χ4n) is 5.37. The molecule has 1 aliphatic rings. The van der Waals surface area contributed by atoms with Crippen LogP contribution in [0.3, 0.4) is 0 Å². The number of aromatic amines is 1. The fraction of sp³-hybridized carbons (Fsp3) is 0.226. The Labute approximate surface area is 211 Å². The molecule has 5 heteroatoms. The Morgan fingerprint density at radius 3 is 2.44 bits per heavy atom. The zero-order valence-electron chi connectivity index (χ0n) is 20.6. The van der Waals surface area contributed by atoms with E-state index in [1.165, 1.54) is 11.1 Å². The van der Waals surface area contributed by atoms with Crippen LogP contribution in [0.4, 0.5) is 0 Å². The number of amides is 1. The van der Waals surface area contributed by atoms with Crippen molar-refractivity contribution in [1.82, 2.24) is 15.3 Å². The van der Waals surface area contributed by atoms with E-state index < -0.39 is 0 Å². The number of aryl methyl sites for hydroxylation is 1. The molecule has 0 atom stereocenters. The van der Waals surface area contributed by atoms with Gasteiger partial charge in [0.1, 0.15) is 12.2 Å². The van der Waals surface area contributed by atoms with Gasteiger partial charge < -0.3 is 15.2 Å². The Bertz CT molecular complexity index is 1510. The van der Waals surface area contributed by atoms with Crippen molar-refractivity contribution in [2.75, 3.05) is 13.1 Å². The van der Waals surface area contributed by atoms with Gasteiger partial charge in [0.25, 0.3) is 5.91 Å². The van der Waals surface area contributed by atoms with E-state index >= 15 is 0 Å². The van der Waals surface area contributed by atoms with Gasteiger partial charge in [0.15, 0.2) is 0 Å². The number of nitrogens with zero attached hydrogens (tertiary/aromatic N) is 1. The molecule has 36 heavy (non-hydrogen) atoms. The van der Waals surface area contributed by atoms with E-state index in [0.717, 1.165) is 65.5 Å². The van der Waals surface area contributed by atoms with Gasteiger partial charge in [-0.2, -0.15) is 0 Å². The number of H-pyrrole nitrogens is 1. The van der Waals surface area contributed by atoms with Crippen LogP contribution in [0.15, 0.2) is 84.9 Å². The van der Waals surface area contributed by atoms with Crippen LogP contribution in [0.1, 0.15) is 34.5 Å². The molecule has 3 aromatic carbocycles. The highest BCUT2D eigenvalue weighted by atomic mass is 16.1. The molecule has 2 aromatic heterocycles. The number of pyridine rings is 1. The molecule has 0 radical (unpaired) electrons. The maximum atomic E-state index is 13.4. The summed E-state index contributed by atoms with van der Waals surface area (Å²) >= 11 is 0. The number of carbonyl (C=O) groups excluding carboxylic acids is 1. The first kappa shape index (κ1) is 22.5. The fourth-order valence-corrected chi connectivity index (χ4v) is 5.37. The highest BCUT2D eigenvalue weighted by Gasteiger charge is 2.25. The molecule has 1 saturated heterocycles. The first-order valence-electron chi connectivity index (χ1n) is 12.8. The molecule has 5 nitrogen and oxygen atoms in total. The number of piperidine rings is 1. The van der Waals surface area contributed by atoms with Crippen LogP contribution in [-0.4, -0.2) is 35.0 Å². The molecular formula is C31H31N4O+. The molecule has 1 fully saturated rings. The summed E-state index contributed by atoms with van der Waals surface area (Å²) in [6, 6.07) is 29.3. The highest BCUT2D eigenvalue weighted by Crippen LogP contribution is 2.32. The lowest BCUT2D eigenvalue weighted by atomic mass is 10.0. The largest absolute Gasteiger partial charge is 0.353 e. The van der Waals surface area contributed by atoms with Crippen LogP contribution in [0, 0.1) is 6.92 Å². The van der Waals surface area contributed by atoms with Gasteiger partial charge in [0, 0.05) is 46.3 Å². The van der Waals surface area contributed by atoms with Crippen molar-refractivity contribution in [1.29, 1.82) is 0 Å². The second kappa shape index (κ2) is 9.59. The van der Waals surface area contributed by atoms with Crippen LogP contribution in [0.5, 0.6) is 0 Å². The Kier molecular flexibility index (Phi) is 5.99. The van der Waals surface area contributed by atoms with Crippen LogP contribution in [-0.2, 0) is 6.54 Å². The monoisotopic (exact) mass is 475 g/mol. The smallest absolute Gasteiger partial charge is 0.270 e. The van der Waals surface area contributed by atoms with Gasteiger partial charge in [-0.15, -0.1) is 0 Å². The number of hydrogen-bond acceptors (Lipinski definition) is 2. The summed E-state index contributed by atoms with van der Waals surface area (Å²) in [6.07, 6.45) is 1.96. The number of carbonyl (C=O) groups is 1. The minimum atomic E-state index is -0.0907. The summed E-state index contributed by atoms with van der Waals surface area (Å²) in [4.78, 5) is 23.4. The van der Waals surface area contributed by atoms with Crippen LogP contribution < -0.4 is 10.2 Å². The van der Waals surface area contributed by atoms with E-state index in [9.17, 15) is 4.79 Å². The maximum absolute atomic E-state index is 13.4. The summed E-state index contributed by atoms with van der Waals surface area (Å²) in [5.74, 6) is -0.0907. The van der Waals surface area contributed by atoms with Crippen LogP contribution >= 0.6 is 0 Å². The van der Waals surface area contributed by atoms with E-state index in [1.54, 1.807) is 4.90 Å². The third-order valence-electron chi connectivity index (χ3n) is 7.38. The van der Waals surface area contributed by atoms with Crippen molar-refractivity contribution < 1.29 is 9.69 Å². The minimum Gasteiger partial charge on any atom is -0.353 e. The zero-order valence-corrected chi connectivity index (χ0v) is 20.6. The van der Waals surface area contributed by atoms with Crippen molar-refractivity contribution in [3.05, 3.63) is 102 Å². The van der Waals surface area contributed by atoms with E-state index in [2.05, 4.69) is 84.0 Å². The molecule has 0 saturated carbocycles. The first-order valence-corrected chi connectivity index (χ1v) is 12.8. The quantitative estimate of drug-likeness (QED) is 0.346. The van der Waals surface area contributed by atoms with Gasteiger partial charge in [-0.25, -0.2) is 4.98 Å². The predicted molar refractivity (Wildman–Crippen MR) is 145 cm³/mol. The average Bonchev–Trinajstić information content (AvgIpc) is 3.29. The zero-order chi connectivity index (χ0) is 24.5. The third-order valence-corrected chi connectivity index (χ3v) is 7.38. The SMILES string of the molecule is Cc1ccc(-c2nc(C(=O)NC3CC[NH+](Cc4ccccc4)CC3)cc3c2[nH]c2ccccc23)cc1. The Hall–Kier alpha value is -3.96. The highest BCUT2D eigenvalue weighted by molar-refractivity contribution is 6.13. The summed E-state index contributed by atoms with van der Waals surface area (Å²) in [5, 5.41) is 5.42. The number of nitrogens with one attached hydrogen (secondary N) is 3. The molecule has 6 rings (SSSR count). The van der Waals surface area contributed by atoms with Gasteiger partial charge in [-0.05, 0) is 19.1 Å². The van der Waals surface area contributed by atoms with Gasteiger partial charge in [0.2, 0.25) is 0 Å². The second-order valence-corrected chi connectivity index (χ2v) is 9.98. The number of aromatic nitrogens is 2. The van der Waals surface area contributed by atoms with Crippen molar-refractivity contribution >= 4 is 27.7 Å². The number of likely N-dealkylation sites (tertiary alicyclic amines) is 1. The van der Waals surface area contributed by atoms with E-state index in [0.29, 0.717) is 5.69 Å². The molecule has 180 valence electrons. The van der Waals surface area contributed by atoms with E-state index in [-0.39, 0.29) is 11.9 Å². The van der Waals surface area contributed by atoms with Crippen LogP contribution in [0.2, 0.25) is 0 Å². The number of hydrogen-bond donors (Lipinski definition) is 3. The Morgan fingerprint density at radius 1 is 0.944 bits per heavy atom. The number of para-hydroxylation sites is 1. The van der Waals surface area contributed by atoms with Gasteiger partial charge in [-0.1, -0.05) is 78.4 Å². The van der Waals surface area contributed by atoms with Gasteiger partial charge in [0.05, 0.1) is 24.3 Å². The first-order chi connectivity index (χ1) is 17.6. The topological polar surface area (TPSA) is 62.2 Å². The minimum absolute atomic E-state index is 0.0907. The number of rotatable bonds is 5. The summed E-state index contributed by atoms with van der Waals surface area (Å²) in [7, 11) is 0. The number of benzene rings is 3. The van der Waals surface area contributed by atoms with E-state index in [1.807, 2.05) is 18.2 Å². The molecule has 0 spiro atoms. The predicted octanol–water partition coefficient (Wildman–Crippen LogP) is 4.67. The maximum Gasteiger partial charge on any atom is 0.270 e. The summed E-state index contributed by atoms with van der Waals surface area (Å²) < 4.78 is 0. The van der Waals surface area contributed by atoms with E-state index in [4.69, 9.17) is 4.98 Å². The molecular weight excluding hydrogens is 444 g/mol. The molecule has 5 aromatic rings. The average molecular weight is 476 g/mol. The lowest BCUT2D eigenvalue weighted by Gasteiger charge is -2.29. The van der Waals surface area contributed by atoms with Crippen molar-refractivity contribution in [3.8, 4) is 11.3 Å². The molecule has 3 heterocycles. The molecule has 0 unspecified atom stereocenters. The molecule has 0 aliphatic carbocycles. The molecule has 3 N–H and O–H groups in total. The van der Waals surface area contributed by atoms with Crippen molar-refractivity contribution in [2.24, 2.45) is 0 Å². The van der Waals surface area contributed by atoms with Crippen molar-refractivity contribution in [2.45, 2.75) is 32.4 Å². The normalized spacial score (nSPS) is 17.9. The molecule has 1 amide bonds. The second-order valence-electron chi connectivity index (χ2n) is 9.98. The number of quaternary nitrogens is 1. The van der Waals surface area contributed by atoms with Gasteiger partial charge in [-0.3, -0.25) is 4.79 Å². The lowest BCUT2D eigenvalue weighted by molar-refractivity contribution is -0.918. The lowest BCUT2D eigenvalue weighted by Crippen LogP contribution is -3.12. The van der Waals surface area contributed by atoms with Crippen molar-refractivity contribution in [3.63, 3.8) is 0 Å². The Balaban J connectivity index is 1.25.